The molecule has 0 saturated carbocycles. The fraction of sp³-hybridized carbons (Fsp3) is 0.400. The third-order valence-electron chi connectivity index (χ3n) is 3.06. The average Bonchev–Trinajstić information content (AvgIpc) is 2.92. The van der Waals surface area contributed by atoms with Crippen LogP contribution < -0.4 is 10.1 Å². The van der Waals surface area contributed by atoms with Gasteiger partial charge in [0.15, 0.2) is 0 Å². The van der Waals surface area contributed by atoms with E-state index in [1.165, 1.54) is 0 Å². The molecule has 2 aromatic rings. The molecule has 20 heavy (non-hydrogen) atoms. The van der Waals surface area contributed by atoms with Crippen LogP contribution in [0.5, 0.6) is 5.75 Å². The minimum atomic E-state index is 0.0638. The Balaban J connectivity index is 2.06. The molecule has 0 radical (unpaired) electrons. The second-order valence-corrected chi connectivity index (χ2v) is 4.89. The molecule has 0 bridgehead atoms. The van der Waals surface area contributed by atoms with Crippen molar-refractivity contribution in [2.75, 3.05) is 13.2 Å². The van der Waals surface area contributed by atoms with E-state index in [0.29, 0.717) is 11.6 Å². The van der Waals surface area contributed by atoms with E-state index in [9.17, 15) is 0 Å². The first-order valence-electron chi connectivity index (χ1n) is 6.87. The molecular weight excluding hydrogens is 274 g/mol. The lowest BCUT2D eigenvalue weighted by molar-refractivity contribution is 0.259. The predicted molar refractivity (Wildman–Crippen MR) is 81.3 cm³/mol. The molecule has 0 fully saturated rings. The van der Waals surface area contributed by atoms with Gasteiger partial charge in [-0.05, 0) is 31.7 Å². The summed E-state index contributed by atoms with van der Waals surface area (Å²) in [7, 11) is 0. The fourth-order valence-corrected chi connectivity index (χ4v) is 2.29. The van der Waals surface area contributed by atoms with Gasteiger partial charge in [0.2, 0.25) is 0 Å². The van der Waals surface area contributed by atoms with Gasteiger partial charge in [-0.15, -0.1) is 0 Å². The zero-order valence-corrected chi connectivity index (χ0v) is 12.6. The topological polar surface area (TPSA) is 39.1 Å². The van der Waals surface area contributed by atoms with Crippen LogP contribution in [0.3, 0.4) is 0 Å². The van der Waals surface area contributed by atoms with E-state index in [2.05, 4.69) is 28.7 Å². The van der Waals surface area contributed by atoms with Crippen molar-refractivity contribution < 1.29 is 4.74 Å². The summed E-state index contributed by atoms with van der Waals surface area (Å²) in [6.07, 6.45) is 3.81. The molecule has 1 aromatic carbocycles. The summed E-state index contributed by atoms with van der Waals surface area (Å²) in [5.41, 5.74) is 0. The number of rotatable bonds is 7. The minimum absolute atomic E-state index is 0.0638. The number of likely N-dealkylation sites (N-methyl/N-ethyl adjacent to an activating group) is 1. The Morgan fingerprint density at radius 2 is 2.25 bits per heavy atom. The molecule has 1 heterocycles. The predicted octanol–water partition coefficient (Wildman–Crippen LogP) is 3.29. The molecular formula is C15H20ClN3O. The molecule has 5 heteroatoms. The number of nitrogens with one attached hydrogen (secondary N) is 1. The van der Waals surface area contributed by atoms with E-state index < -0.39 is 0 Å². The van der Waals surface area contributed by atoms with Crippen LogP contribution in [0.15, 0.2) is 36.7 Å². The molecule has 0 amide bonds. The van der Waals surface area contributed by atoms with Gasteiger partial charge in [0.1, 0.15) is 24.2 Å². The van der Waals surface area contributed by atoms with E-state index in [1.807, 2.05) is 36.7 Å². The Labute approximate surface area is 124 Å². The van der Waals surface area contributed by atoms with E-state index >= 15 is 0 Å². The summed E-state index contributed by atoms with van der Waals surface area (Å²) in [6.45, 7) is 6.46. The first-order chi connectivity index (χ1) is 9.74. The van der Waals surface area contributed by atoms with Crippen molar-refractivity contribution in [1.29, 1.82) is 0 Å². The van der Waals surface area contributed by atoms with Crippen molar-refractivity contribution in [1.82, 2.24) is 14.9 Å². The van der Waals surface area contributed by atoms with Crippen LogP contribution in [0.25, 0.3) is 0 Å². The maximum Gasteiger partial charge on any atom is 0.129 e. The summed E-state index contributed by atoms with van der Waals surface area (Å²) in [6, 6.07) is 7.50. The summed E-state index contributed by atoms with van der Waals surface area (Å²) in [4.78, 5) is 4.43. The zero-order valence-electron chi connectivity index (χ0n) is 11.8. The van der Waals surface area contributed by atoms with Gasteiger partial charge in [0.25, 0.3) is 0 Å². The number of aryl methyl sites for hydroxylation is 1. The highest BCUT2D eigenvalue weighted by Gasteiger charge is 2.16. The van der Waals surface area contributed by atoms with Crippen molar-refractivity contribution in [2.24, 2.45) is 0 Å². The molecule has 0 spiro atoms. The first kappa shape index (κ1) is 14.9. The van der Waals surface area contributed by atoms with E-state index in [-0.39, 0.29) is 6.04 Å². The quantitative estimate of drug-likeness (QED) is 0.851. The Morgan fingerprint density at radius 3 is 2.95 bits per heavy atom. The maximum absolute atomic E-state index is 5.96. The number of benzene rings is 1. The number of imidazole rings is 1. The Bertz CT molecular complexity index is 541. The lowest BCUT2D eigenvalue weighted by Crippen LogP contribution is -2.29. The Hall–Kier alpha value is -1.52. The zero-order chi connectivity index (χ0) is 14.4. The van der Waals surface area contributed by atoms with Crippen LogP contribution in [0.2, 0.25) is 5.02 Å². The third kappa shape index (κ3) is 3.74. The number of aromatic nitrogens is 2. The highest BCUT2D eigenvalue weighted by molar-refractivity contribution is 6.30. The standard InChI is InChI=1S/C15H20ClN3O/c1-3-17-14(15-18-8-9-19(15)4-2)11-20-13-7-5-6-12(16)10-13/h5-10,14,17H,3-4,11H2,1-2H3. The van der Waals surface area contributed by atoms with Gasteiger partial charge in [-0.25, -0.2) is 4.98 Å². The van der Waals surface area contributed by atoms with Crippen LogP contribution >= 0.6 is 11.6 Å². The Morgan fingerprint density at radius 1 is 1.40 bits per heavy atom. The highest BCUT2D eigenvalue weighted by atomic mass is 35.5. The molecule has 0 aliphatic heterocycles. The van der Waals surface area contributed by atoms with Gasteiger partial charge >= 0.3 is 0 Å². The second-order valence-electron chi connectivity index (χ2n) is 4.45. The van der Waals surface area contributed by atoms with Crippen molar-refractivity contribution >= 4 is 11.6 Å². The summed E-state index contributed by atoms with van der Waals surface area (Å²) in [5.74, 6) is 1.77. The monoisotopic (exact) mass is 293 g/mol. The smallest absolute Gasteiger partial charge is 0.129 e. The number of hydrogen-bond acceptors (Lipinski definition) is 3. The van der Waals surface area contributed by atoms with Crippen LogP contribution in [-0.2, 0) is 6.54 Å². The van der Waals surface area contributed by atoms with E-state index in [0.717, 1.165) is 24.7 Å². The van der Waals surface area contributed by atoms with Crippen LogP contribution in [-0.4, -0.2) is 22.7 Å². The Kier molecular flexibility index (Phi) is 5.44. The molecule has 1 N–H and O–H groups in total. The SMILES string of the molecule is CCNC(COc1cccc(Cl)c1)c1nccn1CC. The maximum atomic E-state index is 5.96. The lowest BCUT2D eigenvalue weighted by atomic mass is 10.2. The molecule has 2 rings (SSSR count). The van der Waals surface area contributed by atoms with Gasteiger partial charge in [-0.1, -0.05) is 24.6 Å². The lowest BCUT2D eigenvalue weighted by Gasteiger charge is -2.19. The largest absolute Gasteiger partial charge is 0.491 e. The summed E-state index contributed by atoms with van der Waals surface area (Å²) >= 11 is 5.96. The van der Waals surface area contributed by atoms with Crippen molar-refractivity contribution in [2.45, 2.75) is 26.4 Å². The molecule has 1 aromatic heterocycles. The van der Waals surface area contributed by atoms with Crippen LogP contribution in [0, 0.1) is 0 Å². The second kappa shape index (κ2) is 7.31. The molecule has 0 saturated heterocycles. The van der Waals surface area contributed by atoms with Gasteiger partial charge in [-0.3, -0.25) is 0 Å². The van der Waals surface area contributed by atoms with Gasteiger partial charge in [0.05, 0.1) is 0 Å². The molecule has 0 aliphatic rings. The fourth-order valence-electron chi connectivity index (χ4n) is 2.11. The van der Waals surface area contributed by atoms with Gasteiger partial charge < -0.3 is 14.6 Å². The number of nitrogens with zero attached hydrogens (tertiary/aromatic N) is 2. The number of ether oxygens (including phenoxy) is 1. The molecule has 1 atom stereocenters. The molecule has 1 unspecified atom stereocenters. The van der Waals surface area contributed by atoms with Gasteiger partial charge in [-0.2, -0.15) is 0 Å². The van der Waals surface area contributed by atoms with Gasteiger partial charge in [0, 0.05) is 24.0 Å². The molecule has 108 valence electrons. The number of halogens is 1. The van der Waals surface area contributed by atoms with Crippen molar-refractivity contribution in [3.63, 3.8) is 0 Å². The summed E-state index contributed by atoms with van der Waals surface area (Å²) < 4.78 is 7.94. The van der Waals surface area contributed by atoms with Crippen molar-refractivity contribution in [3.05, 3.63) is 47.5 Å². The van der Waals surface area contributed by atoms with E-state index in [4.69, 9.17) is 16.3 Å². The minimum Gasteiger partial charge on any atom is -0.491 e. The normalized spacial score (nSPS) is 12.3. The van der Waals surface area contributed by atoms with Crippen LogP contribution in [0.4, 0.5) is 0 Å². The third-order valence-corrected chi connectivity index (χ3v) is 3.30. The van der Waals surface area contributed by atoms with E-state index in [1.54, 1.807) is 0 Å². The highest BCUT2D eigenvalue weighted by Crippen LogP contribution is 2.19. The summed E-state index contributed by atoms with van der Waals surface area (Å²) in [5, 5.41) is 4.08. The van der Waals surface area contributed by atoms with Crippen LogP contribution in [0.1, 0.15) is 25.7 Å². The first-order valence-corrected chi connectivity index (χ1v) is 7.25. The molecule has 0 aliphatic carbocycles. The molecule has 4 nitrogen and oxygen atoms in total. The van der Waals surface area contributed by atoms with Crippen molar-refractivity contribution in [3.8, 4) is 5.75 Å². The number of hydrogen-bond donors (Lipinski definition) is 1. The average molecular weight is 294 g/mol.